The summed E-state index contributed by atoms with van der Waals surface area (Å²) >= 11 is 0. The Bertz CT molecular complexity index is 2320. The molecule has 7 aliphatic carbocycles. The average molecular weight is 850 g/mol. The van der Waals surface area contributed by atoms with Gasteiger partial charge in [-0.3, -0.25) is 9.59 Å². The molecule has 0 unspecified atom stereocenters. The summed E-state index contributed by atoms with van der Waals surface area (Å²) < 4.78 is 11.2. The first kappa shape index (κ1) is 43.5. The molecule has 11 rings (SSSR count). The molecule has 2 N–H and O–H groups in total. The van der Waals surface area contributed by atoms with Crippen molar-refractivity contribution < 1.29 is 29.3 Å². The van der Waals surface area contributed by atoms with E-state index in [9.17, 15) is 10.2 Å². The topological polar surface area (TPSA) is 96.3 Å². The Labute approximate surface area is 374 Å². The molecule has 0 heterocycles. The van der Waals surface area contributed by atoms with Crippen molar-refractivity contribution in [1.82, 2.24) is 4.90 Å². The van der Waals surface area contributed by atoms with Crippen molar-refractivity contribution in [2.75, 3.05) is 27.3 Å². The zero-order valence-corrected chi connectivity index (χ0v) is 37.9. The number of amides is 1. The molecule has 332 valence electrons. The first-order chi connectivity index (χ1) is 30.4. The van der Waals surface area contributed by atoms with Gasteiger partial charge >= 0.3 is 0 Å². The maximum absolute atomic E-state index is 15.2. The monoisotopic (exact) mass is 849 g/mol. The summed E-state index contributed by atoms with van der Waals surface area (Å²) in [6.07, 6.45) is 14.0. The fourth-order valence-electron chi connectivity index (χ4n) is 13.6. The standard InChI is InChI=1S/C56H67NO6/c1-37-11-10-23-54(2)49(46-20-17-38(28-44(58)19-16-37)29-48(46)53(60)47-15-9-8-14-45(47)43-12-6-5-7-13-43)22-24-56(54,61)36-57(35-55-32-40-25-41(33-55)27-42(26-40)34-55)52(59)31-39-18-21-50(62-3)51(30-39)63-4/h5-9,11-15,17-18,20-21,29-30,40-42,44,49,58,61H,10,16,19,22-28,31-36H2,1-4H3/t40?,41?,42?,44-,49-,54-,55?,56+/m0/s1. The van der Waals surface area contributed by atoms with E-state index >= 15 is 9.59 Å². The van der Waals surface area contributed by atoms with Crippen molar-refractivity contribution in [1.29, 1.82) is 0 Å². The smallest absolute Gasteiger partial charge is 0.227 e. The molecule has 7 aliphatic rings. The van der Waals surface area contributed by atoms with E-state index in [2.05, 4.69) is 37.0 Å². The molecular formula is C56H67NO6. The van der Waals surface area contributed by atoms with Crippen LogP contribution < -0.4 is 9.47 Å². The zero-order chi connectivity index (χ0) is 43.9. The Morgan fingerprint density at radius 2 is 1.48 bits per heavy atom. The number of ether oxygens (including phenoxy) is 2. The lowest BCUT2D eigenvalue weighted by Crippen LogP contribution is -2.58. The van der Waals surface area contributed by atoms with Gasteiger partial charge in [0.1, 0.15) is 0 Å². The fraction of sp³-hybridized carbons (Fsp3) is 0.500. The number of ketones is 1. The Kier molecular flexibility index (Phi) is 12.2. The lowest BCUT2D eigenvalue weighted by Gasteiger charge is -2.58. The lowest BCUT2D eigenvalue weighted by molar-refractivity contribution is -0.148. The maximum atomic E-state index is 15.2. The molecule has 7 heteroatoms. The molecule has 5 saturated carbocycles. The third-order valence-corrected chi connectivity index (χ3v) is 16.5. The van der Waals surface area contributed by atoms with Crippen molar-refractivity contribution in [3.63, 3.8) is 0 Å². The first-order valence-corrected chi connectivity index (χ1v) is 23.7. The normalized spacial score (nSPS) is 30.0. The number of allylic oxidation sites excluding steroid dienone is 2. The van der Waals surface area contributed by atoms with E-state index in [0.29, 0.717) is 61.3 Å². The van der Waals surface area contributed by atoms with E-state index in [1.807, 2.05) is 78.9 Å². The van der Waals surface area contributed by atoms with E-state index in [-0.39, 0.29) is 36.0 Å². The van der Waals surface area contributed by atoms with Gasteiger partial charge in [-0.05, 0) is 165 Å². The van der Waals surface area contributed by atoms with Gasteiger partial charge in [-0.25, -0.2) is 0 Å². The third-order valence-electron chi connectivity index (χ3n) is 16.5. The van der Waals surface area contributed by atoms with Gasteiger partial charge in [0, 0.05) is 29.6 Å². The Balaban J connectivity index is 1.11. The molecule has 0 spiro atoms. The zero-order valence-electron chi connectivity index (χ0n) is 37.9. The van der Waals surface area contributed by atoms with Gasteiger partial charge in [-0.15, -0.1) is 0 Å². The van der Waals surface area contributed by atoms with Crippen LogP contribution in [0.2, 0.25) is 0 Å². The minimum Gasteiger partial charge on any atom is -0.493 e. The summed E-state index contributed by atoms with van der Waals surface area (Å²) in [6, 6.07) is 29.9. The predicted octanol–water partition coefficient (Wildman–Crippen LogP) is 10.9. The van der Waals surface area contributed by atoms with E-state index in [1.54, 1.807) is 14.2 Å². The molecule has 0 aromatic heterocycles. The van der Waals surface area contributed by atoms with Gasteiger partial charge < -0.3 is 24.6 Å². The maximum Gasteiger partial charge on any atom is 0.227 e. The highest BCUT2D eigenvalue weighted by Gasteiger charge is 2.59. The molecule has 4 aromatic rings. The molecule has 5 fully saturated rings. The molecule has 7 nitrogen and oxygen atoms in total. The van der Waals surface area contributed by atoms with Crippen molar-refractivity contribution >= 4 is 11.7 Å². The van der Waals surface area contributed by atoms with Crippen LogP contribution >= 0.6 is 0 Å². The van der Waals surface area contributed by atoms with Gasteiger partial charge in [0.05, 0.1) is 32.3 Å². The number of rotatable bonds is 11. The van der Waals surface area contributed by atoms with Crippen LogP contribution in [-0.2, 0) is 17.6 Å². The van der Waals surface area contributed by atoms with E-state index in [0.717, 1.165) is 58.4 Å². The highest BCUT2D eigenvalue weighted by atomic mass is 16.5. The summed E-state index contributed by atoms with van der Waals surface area (Å²) in [4.78, 5) is 32.4. The Hall–Kier alpha value is -4.72. The number of aliphatic hydroxyl groups is 2. The molecule has 0 aliphatic heterocycles. The van der Waals surface area contributed by atoms with Gasteiger partial charge in [-0.2, -0.15) is 0 Å². The van der Waals surface area contributed by atoms with E-state index < -0.39 is 17.1 Å². The van der Waals surface area contributed by atoms with Crippen molar-refractivity contribution in [3.8, 4) is 22.6 Å². The molecule has 0 radical (unpaired) electrons. The number of carbonyl (C=O) groups excluding carboxylic acids is 2. The number of hydrogen-bond acceptors (Lipinski definition) is 6. The van der Waals surface area contributed by atoms with Crippen LogP contribution in [0.15, 0.2) is 103 Å². The number of benzene rings is 4. The first-order valence-electron chi connectivity index (χ1n) is 23.7. The van der Waals surface area contributed by atoms with Crippen LogP contribution in [0.5, 0.6) is 11.5 Å². The second-order valence-corrected chi connectivity index (χ2v) is 20.7. The van der Waals surface area contributed by atoms with Crippen LogP contribution in [-0.4, -0.2) is 65.8 Å². The highest BCUT2D eigenvalue weighted by Crippen LogP contribution is 2.62. The molecular weight excluding hydrogens is 783 g/mol. The fourth-order valence-corrected chi connectivity index (χ4v) is 13.6. The lowest BCUT2D eigenvalue weighted by atomic mass is 9.49. The number of hydrogen-bond donors (Lipinski definition) is 2. The molecule has 63 heavy (non-hydrogen) atoms. The van der Waals surface area contributed by atoms with Gasteiger partial charge in [-0.1, -0.05) is 91.4 Å². The van der Waals surface area contributed by atoms with Crippen LogP contribution in [0.1, 0.15) is 129 Å². The Morgan fingerprint density at radius 3 is 2.19 bits per heavy atom. The molecule has 4 atom stereocenters. The second-order valence-electron chi connectivity index (χ2n) is 20.7. The summed E-state index contributed by atoms with van der Waals surface area (Å²) in [7, 11) is 3.24. The highest BCUT2D eigenvalue weighted by molar-refractivity contribution is 6.13. The van der Waals surface area contributed by atoms with Crippen LogP contribution in [0, 0.1) is 28.6 Å². The van der Waals surface area contributed by atoms with Gasteiger partial charge in [0.15, 0.2) is 17.3 Å². The predicted molar refractivity (Wildman–Crippen MR) is 249 cm³/mol. The largest absolute Gasteiger partial charge is 0.493 e. The summed E-state index contributed by atoms with van der Waals surface area (Å²) in [5.74, 6) is 3.26. The van der Waals surface area contributed by atoms with E-state index in [1.165, 1.54) is 44.1 Å². The van der Waals surface area contributed by atoms with Gasteiger partial charge in [0.25, 0.3) is 0 Å². The van der Waals surface area contributed by atoms with Crippen molar-refractivity contribution in [2.45, 2.75) is 121 Å². The molecule has 0 saturated heterocycles. The average Bonchev–Trinajstić information content (AvgIpc) is 3.52. The summed E-state index contributed by atoms with van der Waals surface area (Å²) in [5.41, 5.74) is 5.31. The van der Waals surface area contributed by atoms with Crippen LogP contribution in [0.25, 0.3) is 11.1 Å². The van der Waals surface area contributed by atoms with Crippen molar-refractivity contribution in [3.05, 3.63) is 130 Å². The quantitative estimate of drug-likeness (QED) is 0.115. The molecule has 4 aromatic carbocycles. The number of fused-ring (bicyclic) bond motifs is 8. The number of methoxy groups -OCH3 is 2. The van der Waals surface area contributed by atoms with Gasteiger partial charge in [0.2, 0.25) is 5.91 Å². The minimum absolute atomic E-state index is 0.0337. The number of aliphatic hydroxyl groups excluding tert-OH is 1. The van der Waals surface area contributed by atoms with Crippen molar-refractivity contribution in [2.24, 2.45) is 28.6 Å². The second kappa shape index (κ2) is 17.7. The van der Waals surface area contributed by atoms with Crippen LogP contribution in [0.4, 0.5) is 0 Å². The summed E-state index contributed by atoms with van der Waals surface area (Å²) in [5, 5.41) is 24.9. The molecule has 6 bridgehead atoms. The SMILES string of the molecule is COc1ccc(CC(=O)N(CC23CC4CC(CC(C4)C2)C3)C[C@]2(O)CC[C@H]3c4ccc(cc4C(=O)c4ccccc4-c4ccccc4)C[C@@H](O)CCC(C)=CCC[C@@]32C)cc1OC. The third kappa shape index (κ3) is 8.65. The molecule has 1 amide bonds. The number of carbonyl (C=O) groups is 2. The summed E-state index contributed by atoms with van der Waals surface area (Å²) in [6.45, 7) is 5.31. The van der Waals surface area contributed by atoms with Crippen LogP contribution in [0.3, 0.4) is 0 Å². The van der Waals surface area contributed by atoms with E-state index in [4.69, 9.17) is 9.47 Å². The Morgan fingerprint density at radius 1 is 0.778 bits per heavy atom. The minimum atomic E-state index is -1.22. The number of nitrogens with zero attached hydrogens (tertiary/aromatic N) is 1.